The molecule has 0 heterocycles. The quantitative estimate of drug-likeness (QED) is 0.603. The van der Waals surface area contributed by atoms with Crippen molar-refractivity contribution in [1.82, 2.24) is 0 Å². The lowest BCUT2D eigenvalue weighted by molar-refractivity contribution is 0.142. The van der Waals surface area contributed by atoms with Gasteiger partial charge in [-0.1, -0.05) is 53.4 Å². The molecule has 2 unspecified atom stereocenters. The Balaban J connectivity index is 2.47. The summed E-state index contributed by atoms with van der Waals surface area (Å²) < 4.78 is 0. The first-order chi connectivity index (χ1) is 6.16. The van der Waals surface area contributed by atoms with Gasteiger partial charge in [0.15, 0.2) is 0 Å². The van der Waals surface area contributed by atoms with E-state index in [9.17, 15) is 0 Å². The van der Waals surface area contributed by atoms with E-state index in [1.54, 1.807) is 0 Å². The van der Waals surface area contributed by atoms with Gasteiger partial charge in [0.25, 0.3) is 0 Å². The molecule has 0 aromatic heterocycles. The van der Waals surface area contributed by atoms with Gasteiger partial charge in [0.1, 0.15) is 0 Å². The van der Waals surface area contributed by atoms with Crippen LogP contribution in [-0.4, -0.2) is 0 Å². The zero-order valence-electron chi connectivity index (χ0n) is 9.84. The zero-order chi connectivity index (χ0) is 9.84. The van der Waals surface area contributed by atoms with Crippen LogP contribution in [0.4, 0.5) is 0 Å². The van der Waals surface area contributed by atoms with Gasteiger partial charge in [-0.25, -0.2) is 0 Å². The predicted octanol–water partition coefficient (Wildman–Crippen LogP) is 4.49. The average molecular weight is 182 g/mol. The minimum Gasteiger partial charge on any atom is -0.0651 e. The molecule has 0 bridgehead atoms. The smallest absolute Gasteiger partial charge is 0.0360 e. The van der Waals surface area contributed by atoms with Crippen LogP contribution in [-0.2, 0) is 0 Å². The van der Waals surface area contributed by atoms with Gasteiger partial charge < -0.3 is 0 Å². The Kier molecular flexibility index (Phi) is 4.28. The first kappa shape index (κ1) is 11.1. The normalized spacial score (nSPS) is 34.2. The van der Waals surface area contributed by atoms with Crippen molar-refractivity contribution in [2.24, 2.45) is 23.7 Å². The summed E-state index contributed by atoms with van der Waals surface area (Å²) in [6.45, 7) is 9.68. The van der Waals surface area contributed by atoms with E-state index in [0.717, 1.165) is 23.7 Å². The van der Waals surface area contributed by atoms with Crippen molar-refractivity contribution in [3.63, 3.8) is 0 Å². The molecule has 0 nitrogen and oxygen atoms in total. The molecule has 0 aromatic carbocycles. The van der Waals surface area contributed by atoms with E-state index < -0.39 is 0 Å². The Morgan fingerprint density at radius 1 is 1.15 bits per heavy atom. The molecule has 1 fully saturated rings. The van der Waals surface area contributed by atoms with E-state index in [0.29, 0.717) is 0 Å². The van der Waals surface area contributed by atoms with Crippen molar-refractivity contribution < 1.29 is 0 Å². The van der Waals surface area contributed by atoms with Gasteiger partial charge >= 0.3 is 0 Å². The highest BCUT2D eigenvalue weighted by molar-refractivity contribution is 4.78. The fourth-order valence-corrected chi connectivity index (χ4v) is 2.92. The average Bonchev–Trinajstić information content (AvgIpc) is 2.16. The van der Waals surface area contributed by atoms with Crippen molar-refractivity contribution in [1.29, 1.82) is 0 Å². The monoisotopic (exact) mass is 182 g/mol. The van der Waals surface area contributed by atoms with Crippen molar-refractivity contribution in [3.05, 3.63) is 0 Å². The van der Waals surface area contributed by atoms with Crippen LogP contribution in [0.3, 0.4) is 0 Å². The Hall–Kier alpha value is 0. The molecule has 0 amide bonds. The highest BCUT2D eigenvalue weighted by Gasteiger charge is 2.28. The summed E-state index contributed by atoms with van der Waals surface area (Å²) in [6.07, 6.45) is 7.28. The Morgan fingerprint density at radius 2 is 1.77 bits per heavy atom. The molecule has 1 saturated carbocycles. The van der Waals surface area contributed by atoms with Crippen LogP contribution in [0.1, 0.15) is 59.8 Å². The first-order valence-corrected chi connectivity index (χ1v) is 6.16. The molecule has 0 aromatic rings. The topological polar surface area (TPSA) is 0 Å². The molecular formula is C13H26. The van der Waals surface area contributed by atoms with Crippen LogP contribution >= 0.6 is 0 Å². The number of rotatable bonds is 3. The maximum Gasteiger partial charge on any atom is -0.0360 e. The van der Waals surface area contributed by atoms with Gasteiger partial charge in [0.05, 0.1) is 0 Å². The van der Waals surface area contributed by atoms with Crippen LogP contribution in [0.2, 0.25) is 0 Å². The molecular weight excluding hydrogens is 156 g/mol. The van der Waals surface area contributed by atoms with Crippen LogP contribution in [0.15, 0.2) is 0 Å². The second kappa shape index (κ2) is 5.02. The third kappa shape index (κ3) is 2.72. The molecule has 0 N–H and O–H groups in total. The summed E-state index contributed by atoms with van der Waals surface area (Å²) in [5, 5.41) is 0. The molecule has 1 aliphatic rings. The molecule has 0 aliphatic heterocycles. The zero-order valence-corrected chi connectivity index (χ0v) is 9.84. The Labute approximate surface area is 84.1 Å². The van der Waals surface area contributed by atoms with E-state index in [1.807, 2.05) is 0 Å². The van der Waals surface area contributed by atoms with Crippen molar-refractivity contribution in [2.45, 2.75) is 59.8 Å². The van der Waals surface area contributed by atoms with E-state index in [-0.39, 0.29) is 0 Å². The highest BCUT2D eigenvalue weighted by atomic mass is 14.3. The van der Waals surface area contributed by atoms with Crippen LogP contribution in [0, 0.1) is 23.7 Å². The Morgan fingerprint density at radius 3 is 2.31 bits per heavy atom. The summed E-state index contributed by atoms with van der Waals surface area (Å²) in [7, 11) is 0. The molecule has 1 rings (SSSR count). The van der Waals surface area contributed by atoms with Crippen LogP contribution in [0.25, 0.3) is 0 Å². The van der Waals surface area contributed by atoms with E-state index in [4.69, 9.17) is 0 Å². The molecule has 78 valence electrons. The maximum atomic E-state index is 2.47. The molecule has 0 radical (unpaired) electrons. The summed E-state index contributed by atoms with van der Waals surface area (Å²) >= 11 is 0. The number of hydrogen-bond donors (Lipinski definition) is 0. The van der Waals surface area contributed by atoms with Gasteiger partial charge in [-0.15, -0.1) is 0 Å². The third-order valence-corrected chi connectivity index (χ3v) is 4.39. The Bertz CT molecular complexity index is 139. The van der Waals surface area contributed by atoms with Crippen molar-refractivity contribution in [3.8, 4) is 0 Å². The largest absolute Gasteiger partial charge is 0.0651 e. The van der Waals surface area contributed by atoms with E-state index >= 15 is 0 Å². The predicted molar refractivity (Wildman–Crippen MR) is 59.7 cm³/mol. The number of hydrogen-bond acceptors (Lipinski definition) is 0. The standard InChI is InChI=1S/C13H26/c1-5-10(2)12(4)13-9-7-6-8-11(13)3/h10-13H,5-9H2,1-4H3/t10-,11?,12+,13?/m1/s1. The second-order valence-electron chi connectivity index (χ2n) is 5.17. The van der Waals surface area contributed by atoms with Gasteiger partial charge in [0, 0.05) is 0 Å². The minimum absolute atomic E-state index is 0.922. The van der Waals surface area contributed by atoms with E-state index in [1.165, 1.54) is 32.1 Å². The fraction of sp³-hybridized carbons (Fsp3) is 1.00. The molecule has 1 aliphatic carbocycles. The van der Waals surface area contributed by atoms with Gasteiger partial charge in [-0.3, -0.25) is 0 Å². The van der Waals surface area contributed by atoms with Crippen molar-refractivity contribution >= 4 is 0 Å². The van der Waals surface area contributed by atoms with Gasteiger partial charge in [0.2, 0.25) is 0 Å². The SMILES string of the molecule is CC[C@@H](C)[C@H](C)C1CCCCC1C. The van der Waals surface area contributed by atoms with Crippen LogP contribution < -0.4 is 0 Å². The lowest BCUT2D eigenvalue weighted by Gasteiger charge is -2.36. The lowest BCUT2D eigenvalue weighted by Crippen LogP contribution is -2.27. The highest BCUT2D eigenvalue weighted by Crippen LogP contribution is 2.38. The fourth-order valence-electron chi connectivity index (χ4n) is 2.92. The first-order valence-electron chi connectivity index (χ1n) is 6.16. The van der Waals surface area contributed by atoms with E-state index in [2.05, 4.69) is 27.7 Å². The van der Waals surface area contributed by atoms with Gasteiger partial charge in [-0.2, -0.15) is 0 Å². The summed E-state index contributed by atoms with van der Waals surface area (Å²) in [4.78, 5) is 0. The molecule has 4 atom stereocenters. The lowest BCUT2D eigenvalue weighted by atomic mass is 9.70. The summed E-state index contributed by atoms with van der Waals surface area (Å²) in [5.74, 6) is 3.87. The summed E-state index contributed by atoms with van der Waals surface area (Å²) in [5.41, 5.74) is 0. The van der Waals surface area contributed by atoms with Crippen molar-refractivity contribution in [2.75, 3.05) is 0 Å². The molecule has 13 heavy (non-hydrogen) atoms. The summed E-state index contributed by atoms with van der Waals surface area (Å²) in [6, 6.07) is 0. The van der Waals surface area contributed by atoms with Crippen LogP contribution in [0.5, 0.6) is 0 Å². The molecule has 0 saturated heterocycles. The van der Waals surface area contributed by atoms with Gasteiger partial charge in [-0.05, 0) is 30.1 Å². The molecule has 0 heteroatoms. The molecule has 0 spiro atoms. The maximum absolute atomic E-state index is 2.47. The third-order valence-electron chi connectivity index (χ3n) is 4.39. The minimum atomic E-state index is 0.922. The second-order valence-corrected chi connectivity index (χ2v) is 5.17.